The van der Waals surface area contributed by atoms with Crippen LogP contribution >= 0.6 is 0 Å². The van der Waals surface area contributed by atoms with Gasteiger partial charge in [-0.3, -0.25) is 9.78 Å². The number of amides is 1. The topological polar surface area (TPSA) is 76.1 Å². The molecule has 120 valence electrons. The first-order valence-electron chi connectivity index (χ1n) is 7.19. The summed E-state index contributed by atoms with van der Waals surface area (Å²) < 4.78 is 25.0. The van der Waals surface area contributed by atoms with Crippen LogP contribution in [0.2, 0.25) is 0 Å². The van der Waals surface area contributed by atoms with Crippen LogP contribution in [0.5, 0.6) is 0 Å². The van der Waals surface area contributed by atoms with Gasteiger partial charge in [0.1, 0.15) is 0 Å². The molecule has 0 unspecified atom stereocenters. The van der Waals surface area contributed by atoms with Crippen LogP contribution in [0.15, 0.2) is 88.9 Å². The van der Waals surface area contributed by atoms with Crippen molar-refractivity contribution in [2.24, 2.45) is 0 Å². The fourth-order valence-electron chi connectivity index (χ4n) is 2.15. The second kappa shape index (κ2) is 6.64. The maximum absolute atomic E-state index is 12.5. The number of carbonyl (C=O) groups is 1. The number of hydrogen-bond donors (Lipinski definition) is 1. The molecule has 6 heteroatoms. The zero-order valence-electron chi connectivity index (χ0n) is 12.6. The highest BCUT2D eigenvalue weighted by Gasteiger charge is 2.17. The third-order valence-corrected chi connectivity index (χ3v) is 5.19. The highest BCUT2D eigenvalue weighted by molar-refractivity contribution is 7.91. The van der Waals surface area contributed by atoms with Crippen LogP contribution < -0.4 is 5.32 Å². The van der Waals surface area contributed by atoms with E-state index < -0.39 is 9.84 Å². The van der Waals surface area contributed by atoms with E-state index in [0.29, 0.717) is 11.3 Å². The molecule has 0 spiro atoms. The van der Waals surface area contributed by atoms with Gasteiger partial charge in [0.05, 0.1) is 15.4 Å². The summed E-state index contributed by atoms with van der Waals surface area (Å²) in [5, 5.41) is 2.70. The van der Waals surface area contributed by atoms with Crippen molar-refractivity contribution in [2.45, 2.75) is 9.79 Å². The van der Waals surface area contributed by atoms with E-state index in [9.17, 15) is 13.2 Å². The van der Waals surface area contributed by atoms with Crippen molar-refractivity contribution in [2.75, 3.05) is 5.32 Å². The Morgan fingerprint density at radius 2 is 1.50 bits per heavy atom. The standard InChI is InChI=1S/C18H14N2O3S/c21-18(14-5-4-12-19-13-14)20-15-8-10-17(11-9-15)24(22,23)16-6-2-1-3-7-16/h1-13H,(H,20,21). The van der Waals surface area contributed by atoms with Crippen molar-refractivity contribution in [3.63, 3.8) is 0 Å². The molecule has 0 fully saturated rings. The Morgan fingerprint density at radius 1 is 0.833 bits per heavy atom. The van der Waals surface area contributed by atoms with Gasteiger partial charge in [-0.05, 0) is 48.5 Å². The summed E-state index contributed by atoms with van der Waals surface area (Å²) in [5.74, 6) is -0.304. The van der Waals surface area contributed by atoms with Gasteiger partial charge in [0.25, 0.3) is 5.91 Å². The van der Waals surface area contributed by atoms with Gasteiger partial charge in [0.15, 0.2) is 0 Å². The van der Waals surface area contributed by atoms with Gasteiger partial charge >= 0.3 is 0 Å². The smallest absolute Gasteiger partial charge is 0.257 e. The summed E-state index contributed by atoms with van der Waals surface area (Å²) in [4.78, 5) is 16.3. The lowest BCUT2D eigenvalue weighted by molar-refractivity contribution is 0.102. The van der Waals surface area contributed by atoms with Crippen LogP contribution in [-0.2, 0) is 9.84 Å². The summed E-state index contributed by atoms with van der Waals surface area (Å²) in [7, 11) is -3.56. The molecule has 0 aliphatic carbocycles. The molecule has 0 radical (unpaired) electrons. The first-order valence-corrected chi connectivity index (χ1v) is 8.67. The number of pyridine rings is 1. The minimum Gasteiger partial charge on any atom is -0.322 e. The van der Waals surface area contributed by atoms with Crippen LogP contribution in [0.4, 0.5) is 5.69 Å². The molecule has 1 heterocycles. The van der Waals surface area contributed by atoms with Gasteiger partial charge in [-0.1, -0.05) is 18.2 Å². The number of rotatable bonds is 4. The normalized spacial score (nSPS) is 11.0. The Kier molecular flexibility index (Phi) is 4.39. The second-order valence-electron chi connectivity index (χ2n) is 5.04. The molecule has 0 bridgehead atoms. The van der Waals surface area contributed by atoms with Crippen LogP contribution in [-0.4, -0.2) is 19.3 Å². The maximum atomic E-state index is 12.5. The van der Waals surface area contributed by atoms with E-state index >= 15 is 0 Å². The van der Waals surface area contributed by atoms with Crippen molar-refractivity contribution in [1.82, 2.24) is 4.98 Å². The van der Waals surface area contributed by atoms with E-state index in [1.54, 1.807) is 60.8 Å². The second-order valence-corrected chi connectivity index (χ2v) is 6.99. The fraction of sp³-hybridized carbons (Fsp3) is 0. The predicted octanol–water partition coefficient (Wildman–Crippen LogP) is 3.17. The van der Waals surface area contributed by atoms with Gasteiger partial charge in [0, 0.05) is 18.1 Å². The number of carbonyl (C=O) groups excluding carboxylic acids is 1. The average molecular weight is 338 g/mol. The van der Waals surface area contributed by atoms with Crippen LogP contribution in [0.3, 0.4) is 0 Å². The molecule has 1 amide bonds. The number of sulfone groups is 1. The fourth-order valence-corrected chi connectivity index (χ4v) is 3.44. The third kappa shape index (κ3) is 3.33. The Labute approximate surface area is 139 Å². The molecule has 3 aromatic rings. The van der Waals surface area contributed by atoms with Crippen LogP contribution in [0, 0.1) is 0 Å². The maximum Gasteiger partial charge on any atom is 0.257 e. The molecule has 0 saturated heterocycles. The van der Waals surface area contributed by atoms with Crippen molar-refractivity contribution < 1.29 is 13.2 Å². The first-order chi connectivity index (χ1) is 11.6. The van der Waals surface area contributed by atoms with E-state index in [2.05, 4.69) is 10.3 Å². The molecule has 5 nitrogen and oxygen atoms in total. The van der Waals surface area contributed by atoms with Crippen LogP contribution in [0.1, 0.15) is 10.4 Å². The van der Waals surface area contributed by atoms with Crippen molar-refractivity contribution in [3.8, 4) is 0 Å². The molecular weight excluding hydrogens is 324 g/mol. The van der Waals surface area contributed by atoms with Gasteiger partial charge in [-0.2, -0.15) is 0 Å². The van der Waals surface area contributed by atoms with Crippen molar-refractivity contribution >= 4 is 21.4 Å². The number of aromatic nitrogens is 1. The lowest BCUT2D eigenvalue weighted by Gasteiger charge is -2.07. The molecule has 2 aromatic carbocycles. The number of nitrogens with one attached hydrogen (secondary N) is 1. The van der Waals surface area contributed by atoms with Crippen LogP contribution in [0.25, 0.3) is 0 Å². The molecule has 24 heavy (non-hydrogen) atoms. The molecule has 0 saturated carbocycles. The quantitative estimate of drug-likeness (QED) is 0.793. The number of nitrogens with zero attached hydrogens (tertiary/aromatic N) is 1. The number of hydrogen-bond acceptors (Lipinski definition) is 4. The van der Waals surface area contributed by atoms with Gasteiger partial charge in [0.2, 0.25) is 9.84 Å². The molecule has 0 aliphatic rings. The Bertz CT molecular complexity index is 939. The molecular formula is C18H14N2O3S. The molecule has 0 atom stereocenters. The zero-order valence-corrected chi connectivity index (χ0v) is 13.4. The van der Waals surface area contributed by atoms with E-state index in [-0.39, 0.29) is 15.7 Å². The Morgan fingerprint density at radius 3 is 2.12 bits per heavy atom. The van der Waals surface area contributed by atoms with Crippen molar-refractivity contribution in [1.29, 1.82) is 0 Å². The summed E-state index contributed by atoms with van der Waals surface area (Å²) >= 11 is 0. The first kappa shape index (κ1) is 15.9. The van der Waals surface area contributed by atoms with Gasteiger partial charge in [-0.15, -0.1) is 0 Å². The SMILES string of the molecule is O=C(Nc1ccc(S(=O)(=O)c2ccccc2)cc1)c1cccnc1. The monoisotopic (exact) mass is 338 g/mol. The highest BCUT2D eigenvalue weighted by atomic mass is 32.2. The number of benzene rings is 2. The molecule has 1 aromatic heterocycles. The zero-order chi connectivity index (χ0) is 17.0. The molecule has 1 N–H and O–H groups in total. The van der Waals surface area contributed by atoms with Crippen molar-refractivity contribution in [3.05, 3.63) is 84.7 Å². The van der Waals surface area contributed by atoms with Gasteiger partial charge in [-0.25, -0.2) is 8.42 Å². The van der Waals surface area contributed by atoms with E-state index in [0.717, 1.165) is 0 Å². The summed E-state index contributed by atoms with van der Waals surface area (Å²) in [6.45, 7) is 0. The predicted molar refractivity (Wildman–Crippen MR) is 90.5 cm³/mol. The molecule has 3 rings (SSSR count). The Hall–Kier alpha value is -2.99. The third-order valence-electron chi connectivity index (χ3n) is 3.40. The lowest BCUT2D eigenvalue weighted by atomic mass is 10.2. The largest absolute Gasteiger partial charge is 0.322 e. The molecule has 0 aliphatic heterocycles. The van der Waals surface area contributed by atoms with Gasteiger partial charge < -0.3 is 5.32 Å². The number of anilines is 1. The minimum atomic E-state index is -3.56. The van der Waals surface area contributed by atoms with E-state index in [1.165, 1.54) is 18.3 Å². The summed E-state index contributed by atoms with van der Waals surface area (Å²) in [6.07, 6.45) is 3.05. The van der Waals surface area contributed by atoms with E-state index in [1.807, 2.05) is 0 Å². The average Bonchev–Trinajstić information content (AvgIpc) is 2.63. The Balaban J connectivity index is 1.80. The lowest BCUT2D eigenvalue weighted by Crippen LogP contribution is -2.12. The minimum absolute atomic E-state index is 0.174. The van der Waals surface area contributed by atoms with E-state index in [4.69, 9.17) is 0 Å². The summed E-state index contributed by atoms with van der Waals surface area (Å²) in [5.41, 5.74) is 0.939. The highest BCUT2D eigenvalue weighted by Crippen LogP contribution is 2.22. The summed E-state index contributed by atoms with van der Waals surface area (Å²) in [6, 6.07) is 17.6.